The fraction of sp³-hybridized carbons (Fsp3) is 0.0500. The molecule has 0 spiro atoms. The van der Waals surface area contributed by atoms with Gasteiger partial charge in [-0.05, 0) is 31.2 Å². The molecule has 1 unspecified atom stereocenters. The van der Waals surface area contributed by atoms with Gasteiger partial charge in [-0.2, -0.15) is 20.6 Å². The van der Waals surface area contributed by atoms with Crippen LogP contribution >= 0.6 is 0 Å². The summed E-state index contributed by atoms with van der Waals surface area (Å²) in [6.07, 6.45) is 0. The Morgan fingerprint density at radius 3 is 1.81 bits per heavy atom. The standard InChI is InChI=1S/C20H17FNO3S2/c1-16-12-14-19(15-13-16)27(24,25)22-26(23,18-10-6-3-7-11-18)20(21)17-8-4-2-5-9-17/h2-15H,1H3/q-1. The highest BCUT2D eigenvalue weighted by Crippen LogP contribution is 2.33. The summed E-state index contributed by atoms with van der Waals surface area (Å²) >= 11 is 0. The third kappa shape index (κ3) is 4.04. The number of sulfonamides is 1. The molecule has 0 aliphatic rings. The number of aryl methyl sites for hydroxylation is 1. The minimum atomic E-state index is -4.35. The van der Waals surface area contributed by atoms with Crippen LogP contribution in [0.1, 0.15) is 11.1 Å². The molecular weight excluding hydrogens is 385 g/mol. The highest BCUT2D eigenvalue weighted by Gasteiger charge is 2.26. The van der Waals surface area contributed by atoms with Crippen molar-refractivity contribution in [3.05, 3.63) is 102 Å². The first-order chi connectivity index (χ1) is 12.8. The van der Waals surface area contributed by atoms with Gasteiger partial charge in [0.2, 0.25) is 0 Å². The van der Waals surface area contributed by atoms with Crippen LogP contribution in [0.4, 0.5) is 4.39 Å². The highest BCUT2D eigenvalue weighted by atomic mass is 32.3. The van der Waals surface area contributed by atoms with Crippen molar-refractivity contribution in [2.75, 3.05) is 0 Å². The molecule has 1 atom stereocenters. The van der Waals surface area contributed by atoms with Crippen molar-refractivity contribution in [3.63, 3.8) is 0 Å². The van der Waals surface area contributed by atoms with E-state index in [1.54, 1.807) is 48.5 Å². The molecule has 0 amide bonds. The molecule has 0 heterocycles. The first-order valence-electron chi connectivity index (χ1n) is 8.06. The van der Waals surface area contributed by atoms with Crippen LogP contribution in [-0.2, 0) is 19.8 Å². The van der Waals surface area contributed by atoms with Gasteiger partial charge in [0.25, 0.3) is 10.0 Å². The van der Waals surface area contributed by atoms with E-state index in [2.05, 4.69) is 3.77 Å². The maximum Gasteiger partial charge on any atom is 0.289 e. The number of halogens is 1. The van der Waals surface area contributed by atoms with Gasteiger partial charge >= 0.3 is 0 Å². The monoisotopic (exact) mass is 402 g/mol. The maximum absolute atomic E-state index is 15.3. The molecule has 0 N–H and O–H groups in total. The molecule has 0 aliphatic heterocycles. The molecule has 140 valence electrons. The summed E-state index contributed by atoms with van der Waals surface area (Å²) in [5.74, 6) is 0. The minimum Gasteiger partial charge on any atom is -0.272 e. The molecule has 0 saturated heterocycles. The van der Waals surface area contributed by atoms with Gasteiger partial charge in [0.1, 0.15) is 0 Å². The molecule has 0 aromatic heterocycles. The molecule has 27 heavy (non-hydrogen) atoms. The van der Waals surface area contributed by atoms with Crippen molar-refractivity contribution in [1.29, 1.82) is 0 Å². The molecule has 3 aromatic carbocycles. The van der Waals surface area contributed by atoms with E-state index in [0.717, 1.165) is 5.56 Å². The van der Waals surface area contributed by atoms with E-state index in [-0.39, 0.29) is 15.4 Å². The van der Waals surface area contributed by atoms with E-state index >= 15 is 4.39 Å². The second-order valence-corrected chi connectivity index (χ2v) is 9.74. The predicted molar refractivity (Wildman–Crippen MR) is 104 cm³/mol. The predicted octanol–water partition coefficient (Wildman–Crippen LogP) is 4.72. The van der Waals surface area contributed by atoms with Crippen molar-refractivity contribution < 1.29 is 17.0 Å². The van der Waals surface area contributed by atoms with E-state index in [9.17, 15) is 12.6 Å². The van der Waals surface area contributed by atoms with Crippen molar-refractivity contribution in [1.82, 2.24) is 0 Å². The molecule has 0 radical (unpaired) electrons. The smallest absolute Gasteiger partial charge is 0.272 e. The van der Waals surface area contributed by atoms with Gasteiger partial charge in [-0.1, -0.05) is 42.0 Å². The first kappa shape index (κ1) is 19.1. The quantitative estimate of drug-likeness (QED) is 0.580. The van der Waals surface area contributed by atoms with Gasteiger partial charge in [0.15, 0.2) is 0 Å². The Bertz CT molecular complexity index is 1140. The molecular formula is C20H17FNO3S2-. The number of rotatable bonds is 5. The minimum absolute atomic E-state index is 0.0120. The molecule has 7 heteroatoms. The van der Waals surface area contributed by atoms with E-state index < -0.39 is 25.3 Å². The Labute approximate surface area is 158 Å². The van der Waals surface area contributed by atoms with Gasteiger partial charge in [-0.3, -0.25) is 4.39 Å². The average Bonchev–Trinajstić information content (AvgIpc) is 2.68. The van der Waals surface area contributed by atoms with Crippen LogP contribution in [0.15, 0.2) is 98.5 Å². The van der Waals surface area contributed by atoms with Gasteiger partial charge in [-0.25, -0.2) is 4.21 Å². The Morgan fingerprint density at radius 1 is 0.741 bits per heavy atom. The fourth-order valence-corrected chi connectivity index (χ4v) is 6.13. The van der Waals surface area contributed by atoms with Gasteiger partial charge in [-0.15, -0.1) is 21.5 Å². The highest BCUT2D eigenvalue weighted by molar-refractivity contribution is 8.05. The van der Waals surface area contributed by atoms with Crippen LogP contribution in [0.25, 0.3) is 0 Å². The van der Waals surface area contributed by atoms with Crippen LogP contribution in [0.5, 0.6) is 0 Å². The van der Waals surface area contributed by atoms with Crippen molar-refractivity contribution >= 4 is 19.8 Å². The zero-order valence-electron chi connectivity index (χ0n) is 14.4. The third-order valence-corrected chi connectivity index (χ3v) is 7.95. The average molecular weight is 402 g/mol. The molecule has 0 bridgehead atoms. The van der Waals surface area contributed by atoms with E-state index in [0.29, 0.717) is 0 Å². The second-order valence-electron chi connectivity index (χ2n) is 5.84. The van der Waals surface area contributed by atoms with Crippen LogP contribution in [0.2, 0.25) is 0 Å². The summed E-state index contributed by atoms with van der Waals surface area (Å²) in [6.45, 7) is 1.81. The Morgan fingerprint density at radius 2 is 1.26 bits per heavy atom. The lowest BCUT2D eigenvalue weighted by Gasteiger charge is -2.21. The molecule has 3 rings (SSSR count). The normalized spacial score (nSPS) is 13.6. The van der Waals surface area contributed by atoms with Crippen LogP contribution in [0, 0.1) is 12.4 Å². The van der Waals surface area contributed by atoms with Crippen LogP contribution < -0.4 is 0 Å². The summed E-state index contributed by atoms with van der Waals surface area (Å²) in [5.41, 5.74) is -0.209. The zero-order chi connectivity index (χ0) is 19.5. The van der Waals surface area contributed by atoms with Crippen molar-refractivity contribution in [2.45, 2.75) is 16.7 Å². The van der Waals surface area contributed by atoms with E-state index in [4.69, 9.17) is 0 Å². The van der Waals surface area contributed by atoms with Crippen molar-refractivity contribution in [2.24, 2.45) is 3.77 Å². The van der Waals surface area contributed by atoms with Crippen LogP contribution in [-0.4, -0.2) is 12.6 Å². The first-order valence-corrected chi connectivity index (χ1v) is 11.0. The lowest BCUT2D eigenvalue weighted by Crippen LogP contribution is -2.13. The second kappa shape index (κ2) is 7.54. The lowest BCUT2D eigenvalue weighted by atomic mass is 10.2. The van der Waals surface area contributed by atoms with Gasteiger partial charge in [0.05, 0.1) is 20.1 Å². The maximum atomic E-state index is 15.3. The Kier molecular flexibility index (Phi) is 5.34. The SMILES string of the molecule is Cc1ccc(S(=O)(=O)N=S(=O)(c2ccccc2)[C-](F)c2ccccc2)cc1. The zero-order valence-corrected chi connectivity index (χ0v) is 16.1. The number of hydrogen-bond donors (Lipinski definition) is 0. The van der Waals surface area contributed by atoms with Gasteiger partial charge < -0.3 is 0 Å². The molecule has 0 fully saturated rings. The lowest BCUT2D eigenvalue weighted by molar-refractivity contribution is 0.583. The Hall–Kier alpha value is -2.64. The Balaban J connectivity index is 2.23. The number of benzene rings is 3. The van der Waals surface area contributed by atoms with Gasteiger partial charge in [0, 0.05) is 4.90 Å². The summed E-state index contributed by atoms with van der Waals surface area (Å²) in [6, 6.07) is 21.2. The number of nitrogens with zero attached hydrogens (tertiary/aromatic N) is 1. The van der Waals surface area contributed by atoms with E-state index in [1.807, 2.05) is 6.92 Å². The summed E-state index contributed by atoms with van der Waals surface area (Å²) < 4.78 is 57.9. The largest absolute Gasteiger partial charge is 0.289 e. The summed E-state index contributed by atoms with van der Waals surface area (Å²) in [5, 5.41) is 0. The van der Waals surface area contributed by atoms with Crippen LogP contribution in [0.3, 0.4) is 0 Å². The summed E-state index contributed by atoms with van der Waals surface area (Å²) in [4.78, 5) is -0.153. The molecule has 4 nitrogen and oxygen atoms in total. The summed E-state index contributed by atoms with van der Waals surface area (Å²) in [7, 11) is -8.38. The third-order valence-electron chi connectivity index (χ3n) is 3.83. The number of hydrogen-bond acceptors (Lipinski definition) is 3. The molecule has 0 aliphatic carbocycles. The van der Waals surface area contributed by atoms with Crippen molar-refractivity contribution in [3.8, 4) is 0 Å². The van der Waals surface area contributed by atoms with E-state index in [1.165, 1.54) is 36.4 Å². The molecule has 3 aromatic rings. The molecule has 0 saturated carbocycles. The topological polar surface area (TPSA) is 63.6 Å². The fourth-order valence-electron chi connectivity index (χ4n) is 2.40.